The molecule has 0 aliphatic heterocycles. The van der Waals surface area contributed by atoms with Gasteiger partial charge in [0, 0.05) is 0 Å². The Balaban J connectivity index is 3.13. The van der Waals surface area contributed by atoms with Crippen molar-refractivity contribution in [3.8, 4) is 0 Å². The molecular formula is C10H7Cl2F3N4O2. The molecule has 21 heavy (non-hydrogen) atoms. The normalized spacial score (nSPS) is 12.0. The molecule has 0 radical (unpaired) electrons. The van der Waals surface area contributed by atoms with E-state index in [9.17, 15) is 13.2 Å². The summed E-state index contributed by atoms with van der Waals surface area (Å²) in [4.78, 5) is 0. The first-order valence-corrected chi connectivity index (χ1v) is 5.80. The number of benzene rings is 1. The van der Waals surface area contributed by atoms with Gasteiger partial charge in [-0.1, -0.05) is 33.5 Å². The third-order valence-corrected chi connectivity index (χ3v) is 2.64. The van der Waals surface area contributed by atoms with E-state index in [4.69, 9.17) is 33.6 Å². The molecule has 0 fully saturated rings. The van der Waals surface area contributed by atoms with E-state index in [0.717, 1.165) is 12.4 Å². The molecule has 0 amide bonds. The van der Waals surface area contributed by atoms with Gasteiger partial charge >= 0.3 is 6.18 Å². The molecule has 1 rings (SSSR count). The first-order valence-electron chi connectivity index (χ1n) is 5.04. The highest BCUT2D eigenvalue weighted by molar-refractivity contribution is 6.55. The van der Waals surface area contributed by atoms with Crippen LogP contribution in [0.25, 0.3) is 0 Å². The zero-order valence-corrected chi connectivity index (χ0v) is 11.4. The van der Waals surface area contributed by atoms with Crippen LogP contribution in [0.15, 0.2) is 27.5 Å². The predicted octanol–water partition coefficient (Wildman–Crippen LogP) is 3.70. The van der Waals surface area contributed by atoms with Gasteiger partial charge in [0.05, 0.1) is 33.7 Å². The Morgan fingerprint density at radius 2 is 1.57 bits per heavy atom. The van der Waals surface area contributed by atoms with Crippen molar-refractivity contribution in [3.05, 3.63) is 27.7 Å². The molecule has 0 bridgehead atoms. The van der Waals surface area contributed by atoms with Crippen molar-refractivity contribution in [2.45, 2.75) is 6.18 Å². The molecular weight excluding hydrogens is 336 g/mol. The van der Waals surface area contributed by atoms with Gasteiger partial charge in [0.15, 0.2) is 0 Å². The average molecular weight is 343 g/mol. The molecule has 0 aromatic heterocycles. The SMILES string of the molecule is O/N=C/C(/C=N/O)=NNc1c(Cl)cc(C(F)(F)F)cc1Cl. The van der Waals surface area contributed by atoms with Crippen molar-refractivity contribution in [1.29, 1.82) is 0 Å². The molecule has 0 saturated heterocycles. The second-order valence-electron chi connectivity index (χ2n) is 3.45. The van der Waals surface area contributed by atoms with Gasteiger partial charge in [0.2, 0.25) is 0 Å². The Labute approximate surface area is 126 Å². The fraction of sp³-hybridized carbons (Fsp3) is 0.100. The van der Waals surface area contributed by atoms with E-state index >= 15 is 0 Å². The van der Waals surface area contributed by atoms with Gasteiger partial charge in [-0.25, -0.2) is 0 Å². The number of hydrazone groups is 1. The van der Waals surface area contributed by atoms with Gasteiger partial charge in [0.1, 0.15) is 5.71 Å². The Morgan fingerprint density at radius 1 is 1.10 bits per heavy atom. The van der Waals surface area contributed by atoms with E-state index in [1.807, 2.05) is 0 Å². The van der Waals surface area contributed by atoms with Crippen LogP contribution >= 0.6 is 23.2 Å². The minimum atomic E-state index is -4.59. The summed E-state index contributed by atoms with van der Waals surface area (Å²) < 4.78 is 37.6. The van der Waals surface area contributed by atoms with Crippen molar-refractivity contribution in [1.82, 2.24) is 0 Å². The van der Waals surface area contributed by atoms with Crippen LogP contribution in [0.1, 0.15) is 5.56 Å². The maximum atomic E-state index is 12.5. The summed E-state index contributed by atoms with van der Waals surface area (Å²) in [7, 11) is 0. The monoisotopic (exact) mass is 342 g/mol. The summed E-state index contributed by atoms with van der Waals surface area (Å²) in [5, 5.41) is 24.9. The number of anilines is 1. The quantitative estimate of drug-likeness (QED) is 0.442. The molecule has 0 heterocycles. The van der Waals surface area contributed by atoms with Gasteiger partial charge < -0.3 is 10.4 Å². The third kappa shape index (κ3) is 4.80. The molecule has 0 saturated carbocycles. The molecule has 6 nitrogen and oxygen atoms in total. The summed E-state index contributed by atoms with van der Waals surface area (Å²) in [5.74, 6) is 0. The number of halogens is 5. The van der Waals surface area contributed by atoms with Crippen molar-refractivity contribution in [3.63, 3.8) is 0 Å². The Kier molecular flexibility index (Phi) is 5.79. The molecule has 0 spiro atoms. The molecule has 3 N–H and O–H groups in total. The minimum Gasteiger partial charge on any atom is -0.411 e. The fourth-order valence-corrected chi connectivity index (χ4v) is 1.75. The lowest BCUT2D eigenvalue weighted by molar-refractivity contribution is -0.137. The number of hydrogen-bond donors (Lipinski definition) is 3. The molecule has 1 aromatic rings. The molecule has 114 valence electrons. The minimum absolute atomic E-state index is 0.0958. The van der Waals surface area contributed by atoms with Crippen LogP contribution in [0.4, 0.5) is 18.9 Å². The van der Waals surface area contributed by atoms with Crippen LogP contribution in [0.5, 0.6) is 0 Å². The first kappa shape index (κ1) is 17.1. The highest BCUT2D eigenvalue weighted by atomic mass is 35.5. The highest BCUT2D eigenvalue weighted by Gasteiger charge is 2.32. The smallest absolute Gasteiger partial charge is 0.411 e. The second-order valence-corrected chi connectivity index (χ2v) is 4.26. The predicted molar refractivity (Wildman–Crippen MR) is 73.1 cm³/mol. The van der Waals surface area contributed by atoms with Crippen LogP contribution in [0, 0.1) is 0 Å². The lowest BCUT2D eigenvalue weighted by Gasteiger charge is -2.11. The number of oxime groups is 2. The zero-order valence-electron chi connectivity index (χ0n) is 9.94. The van der Waals surface area contributed by atoms with Gasteiger partial charge in [-0.2, -0.15) is 18.3 Å². The summed E-state index contributed by atoms with van der Waals surface area (Å²) in [6, 6.07) is 1.34. The van der Waals surface area contributed by atoms with E-state index in [2.05, 4.69) is 20.8 Å². The Morgan fingerprint density at radius 3 is 1.95 bits per heavy atom. The third-order valence-electron chi connectivity index (χ3n) is 2.05. The topological polar surface area (TPSA) is 89.6 Å². The molecule has 11 heteroatoms. The summed E-state index contributed by atoms with van der Waals surface area (Å²) in [6.07, 6.45) is -2.98. The van der Waals surface area contributed by atoms with E-state index in [1.165, 1.54) is 0 Å². The van der Waals surface area contributed by atoms with Crippen molar-refractivity contribution in [2.75, 3.05) is 5.43 Å². The number of hydrogen-bond acceptors (Lipinski definition) is 6. The molecule has 0 atom stereocenters. The standard InChI is InChI=1S/C10H7Cl2F3N4O2/c11-7-1-5(10(13,14)15)2-8(12)9(7)19-18-6(3-16-20)4-17-21/h1-4,19-21H/b16-3+,17-4+. The van der Waals surface area contributed by atoms with Gasteiger partial charge in [-0.3, -0.25) is 5.43 Å². The number of nitrogens with zero attached hydrogens (tertiary/aromatic N) is 3. The molecule has 0 aliphatic rings. The molecule has 0 unspecified atom stereocenters. The van der Waals surface area contributed by atoms with Gasteiger partial charge in [-0.05, 0) is 12.1 Å². The average Bonchev–Trinajstić information content (AvgIpc) is 2.36. The largest absolute Gasteiger partial charge is 0.416 e. The summed E-state index contributed by atoms with van der Waals surface area (Å²) in [5.41, 5.74) is 1.03. The van der Waals surface area contributed by atoms with Crippen LogP contribution in [0.3, 0.4) is 0 Å². The zero-order chi connectivity index (χ0) is 16.0. The second kappa shape index (κ2) is 7.14. The highest BCUT2D eigenvalue weighted by Crippen LogP contribution is 2.38. The Bertz CT molecular complexity index is 565. The maximum absolute atomic E-state index is 12.5. The van der Waals surface area contributed by atoms with Crippen LogP contribution < -0.4 is 5.43 Å². The van der Waals surface area contributed by atoms with E-state index in [0.29, 0.717) is 12.1 Å². The van der Waals surface area contributed by atoms with Crippen molar-refractivity contribution in [2.24, 2.45) is 15.4 Å². The van der Waals surface area contributed by atoms with E-state index in [-0.39, 0.29) is 21.4 Å². The molecule has 1 aromatic carbocycles. The number of rotatable bonds is 4. The Hall–Kier alpha value is -2.00. The molecule has 0 aliphatic carbocycles. The lowest BCUT2D eigenvalue weighted by Crippen LogP contribution is -2.08. The van der Waals surface area contributed by atoms with Crippen molar-refractivity contribution < 1.29 is 23.6 Å². The van der Waals surface area contributed by atoms with E-state index < -0.39 is 11.7 Å². The lowest BCUT2D eigenvalue weighted by atomic mass is 10.2. The van der Waals surface area contributed by atoms with E-state index in [1.54, 1.807) is 0 Å². The van der Waals surface area contributed by atoms with Crippen LogP contribution in [-0.2, 0) is 6.18 Å². The van der Waals surface area contributed by atoms with Crippen LogP contribution in [-0.4, -0.2) is 28.6 Å². The van der Waals surface area contributed by atoms with Crippen molar-refractivity contribution >= 4 is 47.0 Å². The number of nitrogens with one attached hydrogen (secondary N) is 1. The number of alkyl halides is 3. The maximum Gasteiger partial charge on any atom is 0.416 e. The van der Waals surface area contributed by atoms with Gasteiger partial charge in [0.25, 0.3) is 0 Å². The van der Waals surface area contributed by atoms with Gasteiger partial charge in [-0.15, -0.1) is 0 Å². The fourth-order valence-electron chi connectivity index (χ4n) is 1.17. The summed E-state index contributed by atoms with van der Waals surface area (Å²) >= 11 is 11.4. The van der Waals surface area contributed by atoms with Crippen LogP contribution in [0.2, 0.25) is 10.0 Å². The first-order chi connectivity index (χ1) is 9.79. The summed E-state index contributed by atoms with van der Waals surface area (Å²) in [6.45, 7) is 0.